The lowest BCUT2D eigenvalue weighted by molar-refractivity contribution is -0.124. The third-order valence-electron chi connectivity index (χ3n) is 2.92. The molecule has 110 valence electrons. The van der Waals surface area contributed by atoms with Crippen LogP contribution in [0.1, 0.15) is 11.6 Å². The Morgan fingerprint density at radius 2 is 1.81 bits per heavy atom. The molecule has 21 heavy (non-hydrogen) atoms. The molecule has 1 unspecified atom stereocenters. The number of amides is 1. The van der Waals surface area contributed by atoms with Crippen LogP contribution in [0.2, 0.25) is 0 Å². The van der Waals surface area contributed by atoms with E-state index in [1.165, 1.54) is 12.1 Å². The Hall–Kier alpha value is -2.40. The lowest BCUT2D eigenvalue weighted by Crippen LogP contribution is -2.34. The molecule has 0 bridgehead atoms. The zero-order chi connectivity index (χ0) is 15.1. The highest BCUT2D eigenvalue weighted by atomic mass is 19.1. The first-order valence-corrected chi connectivity index (χ1v) is 6.53. The van der Waals surface area contributed by atoms with Gasteiger partial charge in [-0.15, -0.1) is 0 Å². The van der Waals surface area contributed by atoms with E-state index in [0.29, 0.717) is 0 Å². The van der Waals surface area contributed by atoms with Crippen molar-refractivity contribution in [2.75, 3.05) is 13.2 Å². The van der Waals surface area contributed by atoms with Crippen molar-refractivity contribution in [2.45, 2.75) is 6.04 Å². The van der Waals surface area contributed by atoms with Gasteiger partial charge in [0.2, 0.25) is 0 Å². The third kappa shape index (κ3) is 4.29. The first-order valence-electron chi connectivity index (χ1n) is 6.53. The van der Waals surface area contributed by atoms with Crippen LogP contribution in [0.5, 0.6) is 5.75 Å². The highest BCUT2D eigenvalue weighted by Gasteiger charge is 2.14. The summed E-state index contributed by atoms with van der Waals surface area (Å²) in [6.07, 6.45) is 0. The van der Waals surface area contributed by atoms with Gasteiger partial charge >= 0.3 is 0 Å². The SMILES string of the molecule is O=C(COc1ccccc1F)NC(CO)c1ccccc1. The topological polar surface area (TPSA) is 58.6 Å². The predicted octanol–water partition coefficient (Wildman–Crippen LogP) is 2.05. The molecule has 5 heteroatoms. The van der Waals surface area contributed by atoms with E-state index >= 15 is 0 Å². The number of carbonyl (C=O) groups excluding carboxylic acids is 1. The van der Waals surface area contributed by atoms with E-state index in [2.05, 4.69) is 5.32 Å². The lowest BCUT2D eigenvalue weighted by Gasteiger charge is -2.17. The molecule has 4 nitrogen and oxygen atoms in total. The van der Waals surface area contributed by atoms with E-state index in [-0.39, 0.29) is 19.0 Å². The van der Waals surface area contributed by atoms with Crippen molar-refractivity contribution in [1.82, 2.24) is 5.32 Å². The number of ether oxygens (including phenoxy) is 1. The van der Waals surface area contributed by atoms with E-state index in [1.54, 1.807) is 24.3 Å². The summed E-state index contributed by atoms with van der Waals surface area (Å²) in [4.78, 5) is 11.8. The Morgan fingerprint density at radius 3 is 2.48 bits per heavy atom. The van der Waals surface area contributed by atoms with Crippen molar-refractivity contribution in [1.29, 1.82) is 0 Å². The van der Waals surface area contributed by atoms with Gasteiger partial charge in [-0.1, -0.05) is 42.5 Å². The van der Waals surface area contributed by atoms with Crippen LogP contribution in [-0.4, -0.2) is 24.2 Å². The summed E-state index contributed by atoms with van der Waals surface area (Å²) in [6, 6.07) is 14.5. The second kappa shape index (κ2) is 7.40. The molecular formula is C16H16FNO3. The van der Waals surface area contributed by atoms with Crippen molar-refractivity contribution in [3.8, 4) is 5.75 Å². The van der Waals surface area contributed by atoms with Gasteiger partial charge in [0, 0.05) is 0 Å². The molecule has 0 saturated carbocycles. The number of aliphatic hydroxyl groups is 1. The van der Waals surface area contributed by atoms with Crippen LogP contribution >= 0.6 is 0 Å². The monoisotopic (exact) mass is 289 g/mol. The number of hydrogen-bond donors (Lipinski definition) is 2. The van der Waals surface area contributed by atoms with Crippen LogP contribution in [-0.2, 0) is 4.79 Å². The molecule has 0 aromatic heterocycles. The minimum atomic E-state index is -0.521. The van der Waals surface area contributed by atoms with Gasteiger partial charge in [0.25, 0.3) is 5.91 Å². The second-order valence-electron chi connectivity index (χ2n) is 4.43. The van der Waals surface area contributed by atoms with Crippen LogP contribution in [0.4, 0.5) is 4.39 Å². The number of carbonyl (C=O) groups is 1. The van der Waals surface area contributed by atoms with Crippen molar-refractivity contribution >= 4 is 5.91 Å². The molecule has 2 N–H and O–H groups in total. The van der Waals surface area contributed by atoms with Crippen LogP contribution in [0, 0.1) is 5.82 Å². The van der Waals surface area contributed by atoms with Gasteiger partial charge in [-0.05, 0) is 17.7 Å². The summed E-state index contributed by atoms with van der Waals surface area (Å²) < 4.78 is 18.4. The molecule has 0 heterocycles. The van der Waals surface area contributed by atoms with E-state index in [0.717, 1.165) is 5.56 Å². The van der Waals surface area contributed by atoms with Crippen LogP contribution in [0.15, 0.2) is 54.6 Å². The molecule has 1 atom stereocenters. The van der Waals surface area contributed by atoms with Gasteiger partial charge in [-0.2, -0.15) is 0 Å². The maximum atomic E-state index is 13.3. The summed E-state index contributed by atoms with van der Waals surface area (Å²) in [5.74, 6) is -0.930. The van der Waals surface area contributed by atoms with Gasteiger partial charge in [-0.3, -0.25) is 4.79 Å². The molecule has 2 rings (SSSR count). The molecule has 0 aliphatic heterocycles. The first-order chi connectivity index (χ1) is 10.2. The van der Waals surface area contributed by atoms with E-state index in [9.17, 15) is 14.3 Å². The standard InChI is InChI=1S/C16H16FNO3/c17-13-8-4-5-9-15(13)21-11-16(20)18-14(10-19)12-6-2-1-3-7-12/h1-9,14,19H,10-11H2,(H,18,20). The van der Waals surface area contributed by atoms with E-state index < -0.39 is 17.8 Å². The van der Waals surface area contributed by atoms with Gasteiger partial charge in [0.15, 0.2) is 18.2 Å². The van der Waals surface area contributed by atoms with E-state index in [1.807, 2.05) is 18.2 Å². The Morgan fingerprint density at radius 1 is 1.14 bits per heavy atom. The summed E-state index contributed by atoms with van der Waals surface area (Å²) in [6.45, 7) is -0.542. The number of hydrogen-bond acceptors (Lipinski definition) is 3. The van der Waals surface area contributed by atoms with Crippen molar-refractivity contribution in [2.24, 2.45) is 0 Å². The maximum Gasteiger partial charge on any atom is 0.258 e. The van der Waals surface area contributed by atoms with Crippen LogP contribution in [0.3, 0.4) is 0 Å². The normalized spacial score (nSPS) is 11.7. The average molecular weight is 289 g/mol. The molecule has 2 aromatic rings. The van der Waals surface area contributed by atoms with Gasteiger partial charge in [0.1, 0.15) is 0 Å². The lowest BCUT2D eigenvalue weighted by atomic mass is 10.1. The molecule has 1 amide bonds. The zero-order valence-electron chi connectivity index (χ0n) is 11.3. The molecule has 0 spiro atoms. The first kappa shape index (κ1) is 15.0. The maximum absolute atomic E-state index is 13.3. The largest absolute Gasteiger partial charge is 0.481 e. The fourth-order valence-electron chi connectivity index (χ4n) is 1.86. The Kier molecular flexibility index (Phi) is 5.29. The number of aliphatic hydroxyl groups excluding tert-OH is 1. The predicted molar refractivity (Wildman–Crippen MR) is 76.3 cm³/mol. The fourth-order valence-corrected chi connectivity index (χ4v) is 1.86. The molecule has 2 aromatic carbocycles. The molecule has 0 aliphatic rings. The highest BCUT2D eigenvalue weighted by molar-refractivity contribution is 5.78. The second-order valence-corrected chi connectivity index (χ2v) is 4.43. The molecular weight excluding hydrogens is 273 g/mol. The van der Waals surface area contributed by atoms with E-state index in [4.69, 9.17) is 4.74 Å². The number of nitrogens with one attached hydrogen (secondary N) is 1. The van der Waals surface area contributed by atoms with Crippen LogP contribution < -0.4 is 10.1 Å². The summed E-state index contributed by atoms with van der Waals surface area (Å²) in [5.41, 5.74) is 0.791. The van der Waals surface area contributed by atoms with Crippen molar-refractivity contribution in [3.63, 3.8) is 0 Å². The Labute approximate surface area is 122 Å². The minimum Gasteiger partial charge on any atom is -0.481 e. The number of halogens is 1. The van der Waals surface area contributed by atoms with Crippen LogP contribution in [0.25, 0.3) is 0 Å². The van der Waals surface area contributed by atoms with Crippen molar-refractivity contribution in [3.05, 3.63) is 66.0 Å². The fraction of sp³-hybridized carbons (Fsp3) is 0.188. The number of benzene rings is 2. The summed E-state index contributed by atoms with van der Waals surface area (Å²) in [7, 11) is 0. The number of rotatable bonds is 6. The number of para-hydroxylation sites is 1. The average Bonchev–Trinajstić information content (AvgIpc) is 2.52. The highest BCUT2D eigenvalue weighted by Crippen LogP contribution is 2.15. The molecule has 0 radical (unpaired) electrons. The summed E-state index contributed by atoms with van der Waals surface area (Å²) in [5, 5.41) is 12.0. The molecule has 0 aliphatic carbocycles. The molecule has 0 saturated heterocycles. The van der Waals surface area contributed by atoms with Gasteiger partial charge in [0.05, 0.1) is 12.6 Å². The third-order valence-corrected chi connectivity index (χ3v) is 2.92. The minimum absolute atomic E-state index is 0.0212. The zero-order valence-corrected chi connectivity index (χ0v) is 11.3. The smallest absolute Gasteiger partial charge is 0.258 e. The Bertz CT molecular complexity index is 589. The summed E-state index contributed by atoms with van der Waals surface area (Å²) >= 11 is 0. The van der Waals surface area contributed by atoms with Gasteiger partial charge in [-0.25, -0.2) is 4.39 Å². The Balaban J connectivity index is 1.90. The van der Waals surface area contributed by atoms with Crippen molar-refractivity contribution < 1.29 is 19.0 Å². The van der Waals surface area contributed by atoms with Gasteiger partial charge < -0.3 is 15.2 Å². The quantitative estimate of drug-likeness (QED) is 0.855. The molecule has 0 fully saturated rings.